The number of aliphatic imine (C=N–C) groups is 1. The molecule has 0 aliphatic rings. The summed E-state index contributed by atoms with van der Waals surface area (Å²) in [5.74, 6) is 0.213. The molecule has 0 unspecified atom stereocenters. The molecule has 0 atom stereocenters. The Hall–Kier alpha value is -3.06. The minimum absolute atomic E-state index is 0.208. The lowest BCUT2D eigenvalue weighted by Gasteiger charge is -2.12. The van der Waals surface area contributed by atoms with E-state index in [0.29, 0.717) is 36.2 Å². The van der Waals surface area contributed by atoms with Gasteiger partial charge in [0.2, 0.25) is 0 Å². The van der Waals surface area contributed by atoms with Gasteiger partial charge in [-0.15, -0.1) is 0 Å². The number of rotatable bonds is 8. The summed E-state index contributed by atoms with van der Waals surface area (Å²) in [4.78, 5) is 19.8. The summed E-state index contributed by atoms with van der Waals surface area (Å²) >= 11 is 6.04. The minimum Gasteiger partial charge on any atom is -0.361 e. The molecule has 1 aromatic heterocycles. The Bertz CT molecular complexity index is 1030. The first kappa shape index (κ1) is 21.6. The highest BCUT2D eigenvalue weighted by molar-refractivity contribution is 6.33. The van der Waals surface area contributed by atoms with E-state index in [1.807, 2.05) is 13.1 Å². The van der Waals surface area contributed by atoms with Gasteiger partial charge in [0.15, 0.2) is 5.96 Å². The number of carbonyl (C=O) groups is 1. The summed E-state index contributed by atoms with van der Waals surface area (Å²) in [6, 6.07) is 11.7. The van der Waals surface area contributed by atoms with Crippen LogP contribution in [0.5, 0.6) is 0 Å². The zero-order valence-electron chi connectivity index (χ0n) is 16.8. The Kier molecular flexibility index (Phi) is 7.68. The molecule has 0 aliphatic carbocycles. The molecule has 1 amide bonds. The Morgan fingerprint density at radius 2 is 1.93 bits per heavy atom. The van der Waals surface area contributed by atoms with Crippen LogP contribution in [-0.4, -0.2) is 43.0 Å². The van der Waals surface area contributed by atoms with Crippen LogP contribution in [0.1, 0.15) is 22.8 Å². The minimum atomic E-state index is -0.255. The summed E-state index contributed by atoms with van der Waals surface area (Å²) in [6.07, 6.45) is 2.62. The molecule has 2 aromatic carbocycles. The van der Waals surface area contributed by atoms with E-state index in [1.165, 1.54) is 12.1 Å². The second-order valence-electron chi connectivity index (χ2n) is 6.68. The summed E-state index contributed by atoms with van der Waals surface area (Å²) in [5, 5.41) is 10.7. The lowest BCUT2D eigenvalue weighted by Crippen LogP contribution is -2.41. The van der Waals surface area contributed by atoms with Crippen molar-refractivity contribution in [3.05, 3.63) is 70.6 Å². The fraction of sp³-hybridized carbons (Fsp3) is 0.273. The average molecular weight is 430 g/mol. The highest BCUT2D eigenvalue weighted by atomic mass is 35.5. The zero-order chi connectivity index (χ0) is 21.3. The molecule has 0 radical (unpaired) electrons. The normalized spacial score (nSPS) is 11.5. The standard InChI is InChI=1S/C22H25ClFN5O/c1-2-25-22(28-12-11-26-21(30)18-5-3-4-6-19(18)23)27-10-9-15-14-29-20-13-16(24)7-8-17(15)20/h3-8,13-14,29H,2,9-12H2,1H3,(H,26,30)(H2,25,27,28). The number of fused-ring (bicyclic) bond motifs is 1. The van der Waals surface area contributed by atoms with Crippen molar-refractivity contribution in [1.29, 1.82) is 0 Å². The largest absolute Gasteiger partial charge is 0.361 e. The molecular weight excluding hydrogens is 405 g/mol. The first-order valence-corrected chi connectivity index (χ1v) is 10.3. The van der Waals surface area contributed by atoms with Gasteiger partial charge >= 0.3 is 0 Å². The highest BCUT2D eigenvalue weighted by Gasteiger charge is 2.08. The predicted molar refractivity (Wildman–Crippen MR) is 120 cm³/mol. The van der Waals surface area contributed by atoms with Crippen molar-refractivity contribution in [1.82, 2.24) is 20.9 Å². The quantitative estimate of drug-likeness (QED) is 0.251. The van der Waals surface area contributed by atoms with Crippen molar-refractivity contribution in [2.45, 2.75) is 13.3 Å². The molecule has 0 aliphatic heterocycles. The maximum Gasteiger partial charge on any atom is 0.252 e. The van der Waals surface area contributed by atoms with Crippen LogP contribution < -0.4 is 16.0 Å². The predicted octanol–water partition coefficient (Wildman–Crippen LogP) is 3.49. The van der Waals surface area contributed by atoms with Crippen molar-refractivity contribution in [2.24, 2.45) is 4.99 Å². The smallest absolute Gasteiger partial charge is 0.252 e. The van der Waals surface area contributed by atoms with Crippen molar-refractivity contribution in [2.75, 3.05) is 26.2 Å². The second kappa shape index (κ2) is 10.6. The van der Waals surface area contributed by atoms with E-state index < -0.39 is 0 Å². The first-order chi connectivity index (χ1) is 14.6. The molecule has 30 heavy (non-hydrogen) atoms. The third-order valence-electron chi connectivity index (χ3n) is 4.55. The summed E-state index contributed by atoms with van der Waals surface area (Å²) in [7, 11) is 0. The summed E-state index contributed by atoms with van der Waals surface area (Å²) in [6.45, 7) is 4.25. The van der Waals surface area contributed by atoms with Crippen LogP contribution in [0.15, 0.2) is 53.7 Å². The van der Waals surface area contributed by atoms with Crippen LogP contribution in [0, 0.1) is 5.82 Å². The Morgan fingerprint density at radius 1 is 1.13 bits per heavy atom. The number of aromatic amines is 1. The molecule has 0 bridgehead atoms. The number of amides is 1. The Morgan fingerprint density at radius 3 is 2.73 bits per heavy atom. The van der Waals surface area contributed by atoms with Gasteiger partial charge in [-0.1, -0.05) is 23.7 Å². The van der Waals surface area contributed by atoms with Crippen LogP contribution in [0.25, 0.3) is 10.9 Å². The monoisotopic (exact) mass is 429 g/mol. The number of aromatic nitrogens is 1. The van der Waals surface area contributed by atoms with Gasteiger partial charge in [0, 0.05) is 43.3 Å². The number of H-pyrrole nitrogens is 1. The molecular formula is C22H25ClFN5O. The number of hydrogen-bond acceptors (Lipinski definition) is 2. The molecule has 0 spiro atoms. The van der Waals surface area contributed by atoms with Crippen LogP contribution >= 0.6 is 11.6 Å². The van der Waals surface area contributed by atoms with Crippen molar-refractivity contribution >= 4 is 34.4 Å². The van der Waals surface area contributed by atoms with E-state index in [2.05, 4.69) is 25.9 Å². The lowest BCUT2D eigenvalue weighted by atomic mass is 10.1. The molecule has 4 N–H and O–H groups in total. The number of benzene rings is 2. The van der Waals surface area contributed by atoms with Crippen molar-refractivity contribution in [3.8, 4) is 0 Å². The lowest BCUT2D eigenvalue weighted by molar-refractivity contribution is 0.0954. The van der Waals surface area contributed by atoms with Crippen LogP contribution in [-0.2, 0) is 6.42 Å². The molecule has 0 saturated heterocycles. The van der Waals surface area contributed by atoms with E-state index in [0.717, 1.165) is 29.4 Å². The van der Waals surface area contributed by atoms with E-state index in [1.54, 1.807) is 30.3 Å². The number of hydrogen-bond donors (Lipinski definition) is 4. The summed E-state index contributed by atoms with van der Waals surface area (Å²) in [5.41, 5.74) is 2.34. The fourth-order valence-corrected chi connectivity index (χ4v) is 3.31. The van der Waals surface area contributed by atoms with Gasteiger partial charge in [-0.2, -0.15) is 0 Å². The van der Waals surface area contributed by atoms with Gasteiger partial charge in [-0.25, -0.2) is 4.39 Å². The third kappa shape index (κ3) is 5.73. The Labute approximate surface area is 179 Å². The van der Waals surface area contributed by atoms with Crippen LogP contribution in [0.4, 0.5) is 4.39 Å². The van der Waals surface area contributed by atoms with Gasteiger partial charge < -0.3 is 20.9 Å². The molecule has 0 fully saturated rings. The molecule has 3 rings (SSSR count). The van der Waals surface area contributed by atoms with Crippen molar-refractivity contribution in [3.63, 3.8) is 0 Å². The number of nitrogens with one attached hydrogen (secondary N) is 4. The molecule has 1 heterocycles. The zero-order valence-corrected chi connectivity index (χ0v) is 17.5. The highest BCUT2D eigenvalue weighted by Crippen LogP contribution is 2.19. The van der Waals surface area contributed by atoms with E-state index in [-0.39, 0.29) is 11.7 Å². The average Bonchev–Trinajstić information content (AvgIpc) is 3.13. The van der Waals surface area contributed by atoms with Crippen LogP contribution in [0.3, 0.4) is 0 Å². The Balaban J connectivity index is 1.48. The van der Waals surface area contributed by atoms with Gasteiger partial charge in [0.05, 0.1) is 10.6 Å². The number of nitrogens with zero attached hydrogens (tertiary/aromatic N) is 1. The summed E-state index contributed by atoms with van der Waals surface area (Å²) < 4.78 is 13.3. The van der Waals surface area contributed by atoms with Crippen LogP contribution in [0.2, 0.25) is 5.02 Å². The third-order valence-corrected chi connectivity index (χ3v) is 4.88. The first-order valence-electron chi connectivity index (χ1n) is 9.89. The number of halogens is 2. The molecule has 8 heteroatoms. The molecule has 158 valence electrons. The molecule has 6 nitrogen and oxygen atoms in total. The molecule has 0 saturated carbocycles. The maximum atomic E-state index is 13.3. The maximum absolute atomic E-state index is 13.3. The van der Waals surface area contributed by atoms with E-state index in [9.17, 15) is 9.18 Å². The SMILES string of the molecule is CCNC(=NCCc1c[nH]c2cc(F)ccc12)NCCNC(=O)c1ccccc1Cl. The van der Waals surface area contributed by atoms with Gasteiger partial charge in [0.1, 0.15) is 5.82 Å². The second-order valence-corrected chi connectivity index (χ2v) is 7.08. The van der Waals surface area contributed by atoms with Gasteiger partial charge in [-0.3, -0.25) is 9.79 Å². The topological polar surface area (TPSA) is 81.3 Å². The van der Waals surface area contributed by atoms with Crippen molar-refractivity contribution < 1.29 is 9.18 Å². The number of guanidine groups is 1. The van der Waals surface area contributed by atoms with E-state index in [4.69, 9.17) is 11.6 Å². The van der Waals surface area contributed by atoms with Gasteiger partial charge in [0.25, 0.3) is 5.91 Å². The molecule has 3 aromatic rings. The number of carbonyl (C=O) groups excluding carboxylic acids is 1. The fourth-order valence-electron chi connectivity index (χ4n) is 3.09. The van der Waals surface area contributed by atoms with E-state index >= 15 is 0 Å². The van der Waals surface area contributed by atoms with Gasteiger partial charge in [-0.05, 0) is 49.2 Å².